The minimum Gasteiger partial charge on any atom is -0.399 e. The first kappa shape index (κ1) is 15.1. The van der Waals surface area contributed by atoms with Crippen molar-refractivity contribution in [2.24, 2.45) is 5.10 Å². The first-order valence-corrected chi connectivity index (χ1v) is 8.00. The number of anilines is 1. The van der Waals surface area contributed by atoms with Gasteiger partial charge in [-0.05, 0) is 36.2 Å². The summed E-state index contributed by atoms with van der Waals surface area (Å²) in [5.74, 6) is 0. The third kappa shape index (κ3) is 3.82. The van der Waals surface area contributed by atoms with Crippen LogP contribution in [0.1, 0.15) is 18.9 Å². The van der Waals surface area contributed by atoms with E-state index in [2.05, 4.69) is 9.93 Å². The van der Waals surface area contributed by atoms with Gasteiger partial charge in [-0.1, -0.05) is 37.3 Å². The van der Waals surface area contributed by atoms with E-state index in [1.165, 1.54) is 24.3 Å². The second-order valence-electron chi connectivity index (χ2n) is 4.44. The molecule has 0 heterocycles. The normalized spacial score (nSPS) is 12.1. The molecule has 0 radical (unpaired) electrons. The SMILES string of the molecule is CCC(=NNS(=O)(=O)c1ccc(N)cc1)c1ccccc1. The first-order chi connectivity index (χ1) is 10.0. The van der Waals surface area contributed by atoms with Crippen molar-refractivity contribution in [3.63, 3.8) is 0 Å². The van der Waals surface area contributed by atoms with Crippen molar-refractivity contribution >= 4 is 21.4 Å². The Balaban J connectivity index is 2.24. The molecule has 0 bridgehead atoms. The van der Waals surface area contributed by atoms with Crippen LogP contribution in [-0.4, -0.2) is 14.1 Å². The number of hydrogen-bond donors (Lipinski definition) is 2. The van der Waals surface area contributed by atoms with Gasteiger partial charge in [0, 0.05) is 5.69 Å². The van der Waals surface area contributed by atoms with Crippen LogP contribution in [0.15, 0.2) is 64.6 Å². The average molecular weight is 303 g/mol. The summed E-state index contributed by atoms with van der Waals surface area (Å²) in [6, 6.07) is 15.4. The van der Waals surface area contributed by atoms with Crippen molar-refractivity contribution < 1.29 is 8.42 Å². The summed E-state index contributed by atoms with van der Waals surface area (Å²) >= 11 is 0. The molecule has 21 heavy (non-hydrogen) atoms. The lowest BCUT2D eigenvalue weighted by Crippen LogP contribution is -2.20. The van der Waals surface area contributed by atoms with Gasteiger partial charge >= 0.3 is 0 Å². The summed E-state index contributed by atoms with van der Waals surface area (Å²) in [7, 11) is -3.68. The summed E-state index contributed by atoms with van der Waals surface area (Å²) in [6.45, 7) is 1.92. The molecule has 0 fully saturated rings. The molecule has 2 aromatic carbocycles. The molecule has 2 rings (SSSR count). The number of nitrogens with one attached hydrogen (secondary N) is 1. The van der Waals surface area contributed by atoms with E-state index >= 15 is 0 Å². The van der Waals surface area contributed by atoms with Gasteiger partial charge in [0.25, 0.3) is 10.0 Å². The van der Waals surface area contributed by atoms with Gasteiger partial charge in [0.2, 0.25) is 0 Å². The van der Waals surface area contributed by atoms with Crippen molar-refractivity contribution in [1.29, 1.82) is 0 Å². The first-order valence-electron chi connectivity index (χ1n) is 6.52. The molecule has 0 unspecified atom stereocenters. The van der Waals surface area contributed by atoms with Gasteiger partial charge in [-0.15, -0.1) is 0 Å². The molecule has 2 aromatic rings. The zero-order valence-electron chi connectivity index (χ0n) is 11.7. The van der Waals surface area contributed by atoms with E-state index in [0.29, 0.717) is 17.8 Å². The third-order valence-electron chi connectivity index (χ3n) is 2.93. The van der Waals surface area contributed by atoms with Gasteiger partial charge in [0.05, 0.1) is 10.6 Å². The van der Waals surface area contributed by atoms with Gasteiger partial charge in [0.15, 0.2) is 0 Å². The highest BCUT2D eigenvalue weighted by molar-refractivity contribution is 7.89. The van der Waals surface area contributed by atoms with Crippen LogP contribution in [0.3, 0.4) is 0 Å². The average Bonchev–Trinajstić information content (AvgIpc) is 2.49. The fraction of sp³-hybridized carbons (Fsp3) is 0.133. The van der Waals surface area contributed by atoms with Crippen LogP contribution in [0.25, 0.3) is 0 Å². The molecule has 0 aromatic heterocycles. The largest absolute Gasteiger partial charge is 0.399 e. The number of rotatable bonds is 5. The number of hydrogen-bond acceptors (Lipinski definition) is 4. The zero-order valence-corrected chi connectivity index (χ0v) is 12.5. The summed E-state index contributed by atoms with van der Waals surface area (Å²) in [4.78, 5) is 2.39. The molecule has 6 heteroatoms. The maximum Gasteiger partial charge on any atom is 0.276 e. The van der Waals surface area contributed by atoms with Crippen LogP contribution in [-0.2, 0) is 10.0 Å². The molecule has 0 saturated heterocycles. The molecular weight excluding hydrogens is 286 g/mol. The van der Waals surface area contributed by atoms with E-state index in [-0.39, 0.29) is 4.90 Å². The summed E-state index contributed by atoms with van der Waals surface area (Å²) in [5, 5.41) is 4.03. The molecule has 0 saturated carbocycles. The second-order valence-corrected chi connectivity index (χ2v) is 6.10. The van der Waals surface area contributed by atoms with Gasteiger partial charge in [0.1, 0.15) is 0 Å². The molecule has 0 aliphatic carbocycles. The Morgan fingerprint density at radius 1 is 1.10 bits per heavy atom. The highest BCUT2D eigenvalue weighted by atomic mass is 32.2. The Kier molecular flexibility index (Phi) is 4.59. The molecule has 0 atom stereocenters. The van der Waals surface area contributed by atoms with Gasteiger partial charge in [-0.3, -0.25) is 0 Å². The van der Waals surface area contributed by atoms with Crippen molar-refractivity contribution in [3.05, 3.63) is 60.2 Å². The summed E-state index contributed by atoms with van der Waals surface area (Å²) < 4.78 is 24.3. The van der Waals surface area contributed by atoms with Crippen LogP contribution in [0.2, 0.25) is 0 Å². The number of hydrazone groups is 1. The number of benzene rings is 2. The standard InChI is InChI=1S/C15H17N3O2S/c1-2-15(12-6-4-3-5-7-12)17-18-21(19,20)14-10-8-13(16)9-11-14/h3-11,18H,2,16H2,1H3. The molecule has 0 aliphatic heterocycles. The van der Waals surface area contributed by atoms with E-state index in [1.807, 2.05) is 37.3 Å². The quantitative estimate of drug-likeness (QED) is 0.505. The Morgan fingerprint density at radius 3 is 2.29 bits per heavy atom. The molecule has 3 N–H and O–H groups in total. The molecule has 0 spiro atoms. The number of nitrogens with two attached hydrogens (primary N) is 1. The minimum atomic E-state index is -3.68. The van der Waals surface area contributed by atoms with E-state index in [0.717, 1.165) is 5.56 Å². The third-order valence-corrected chi connectivity index (χ3v) is 4.16. The van der Waals surface area contributed by atoms with Crippen molar-refractivity contribution in [2.75, 3.05) is 5.73 Å². The maximum absolute atomic E-state index is 12.1. The maximum atomic E-state index is 12.1. The topological polar surface area (TPSA) is 84.5 Å². The smallest absolute Gasteiger partial charge is 0.276 e. The van der Waals surface area contributed by atoms with Crippen LogP contribution in [0.5, 0.6) is 0 Å². The molecular formula is C15H17N3O2S. The Bertz CT molecular complexity index is 723. The van der Waals surface area contributed by atoms with Crippen LogP contribution < -0.4 is 10.6 Å². The van der Waals surface area contributed by atoms with Gasteiger partial charge < -0.3 is 5.73 Å². The zero-order chi connectivity index (χ0) is 15.3. The fourth-order valence-corrected chi connectivity index (χ4v) is 2.62. The predicted octanol–water partition coefficient (Wildman–Crippen LogP) is 2.36. The Hall–Kier alpha value is -2.34. The molecule has 0 amide bonds. The number of nitrogen functional groups attached to an aromatic ring is 1. The summed E-state index contributed by atoms with van der Waals surface area (Å²) in [6.07, 6.45) is 0.619. The lowest BCUT2D eigenvalue weighted by molar-refractivity contribution is 0.584. The molecule has 110 valence electrons. The molecule has 0 aliphatic rings. The van der Waals surface area contributed by atoms with Crippen molar-refractivity contribution in [2.45, 2.75) is 18.2 Å². The minimum absolute atomic E-state index is 0.129. The highest BCUT2D eigenvalue weighted by Crippen LogP contribution is 2.12. The summed E-state index contributed by atoms with van der Waals surface area (Å²) in [5.41, 5.74) is 7.62. The lowest BCUT2D eigenvalue weighted by atomic mass is 10.1. The molecule has 5 nitrogen and oxygen atoms in total. The fourth-order valence-electron chi connectivity index (χ4n) is 1.79. The lowest BCUT2D eigenvalue weighted by Gasteiger charge is -2.07. The highest BCUT2D eigenvalue weighted by Gasteiger charge is 2.13. The van der Waals surface area contributed by atoms with Crippen LogP contribution >= 0.6 is 0 Å². The predicted molar refractivity (Wildman–Crippen MR) is 84.4 cm³/mol. The Morgan fingerprint density at radius 2 is 1.71 bits per heavy atom. The van der Waals surface area contributed by atoms with Gasteiger partial charge in [-0.2, -0.15) is 18.4 Å². The van der Waals surface area contributed by atoms with Gasteiger partial charge in [-0.25, -0.2) is 0 Å². The van der Waals surface area contributed by atoms with Crippen LogP contribution in [0.4, 0.5) is 5.69 Å². The second kappa shape index (κ2) is 6.41. The van der Waals surface area contributed by atoms with Crippen molar-refractivity contribution in [1.82, 2.24) is 4.83 Å². The van der Waals surface area contributed by atoms with Crippen LogP contribution in [0, 0.1) is 0 Å². The monoisotopic (exact) mass is 303 g/mol. The van der Waals surface area contributed by atoms with E-state index in [1.54, 1.807) is 0 Å². The van der Waals surface area contributed by atoms with Crippen molar-refractivity contribution in [3.8, 4) is 0 Å². The number of sulfonamides is 1. The van der Waals surface area contributed by atoms with E-state index < -0.39 is 10.0 Å². The van der Waals surface area contributed by atoms with E-state index in [9.17, 15) is 8.42 Å². The van der Waals surface area contributed by atoms with E-state index in [4.69, 9.17) is 5.73 Å². The Labute approximate surface area is 124 Å². The number of nitrogens with zero attached hydrogens (tertiary/aromatic N) is 1.